The summed E-state index contributed by atoms with van der Waals surface area (Å²) in [6.45, 7) is 0.470. The summed E-state index contributed by atoms with van der Waals surface area (Å²) in [6, 6.07) is 8.03. The van der Waals surface area contributed by atoms with Gasteiger partial charge in [0.2, 0.25) is 10.0 Å². The van der Waals surface area contributed by atoms with Crippen molar-refractivity contribution < 1.29 is 17.9 Å². The summed E-state index contributed by atoms with van der Waals surface area (Å²) in [5.41, 5.74) is 0.146. The molecule has 0 aliphatic heterocycles. The predicted molar refractivity (Wildman–Crippen MR) is 97.2 cm³/mol. The lowest BCUT2D eigenvalue weighted by molar-refractivity contribution is 0.0953. The van der Waals surface area contributed by atoms with Crippen LogP contribution in [0.3, 0.4) is 0 Å². The molecule has 0 saturated heterocycles. The standard InChI is InChI=1S/C15H18N2O4S3/c1-21-14-5-4-12(24(16,19)20)9-13(14)15(18)17-6-8-22-10-11-3-2-7-23-11/h2-5,7,9H,6,8,10H2,1H3,(H,17,18)(H2,16,19,20). The Morgan fingerprint density at radius 3 is 2.79 bits per heavy atom. The number of rotatable bonds is 8. The molecule has 6 nitrogen and oxygen atoms in total. The van der Waals surface area contributed by atoms with E-state index in [1.165, 1.54) is 30.2 Å². The molecule has 130 valence electrons. The number of hydrogen-bond donors (Lipinski definition) is 2. The van der Waals surface area contributed by atoms with Crippen LogP contribution in [0.15, 0.2) is 40.6 Å². The Labute approximate surface area is 149 Å². The van der Waals surface area contributed by atoms with E-state index in [9.17, 15) is 13.2 Å². The van der Waals surface area contributed by atoms with Crippen LogP contribution in [0, 0.1) is 0 Å². The van der Waals surface area contributed by atoms with Crippen molar-refractivity contribution in [1.82, 2.24) is 5.32 Å². The molecule has 1 amide bonds. The minimum absolute atomic E-state index is 0.125. The van der Waals surface area contributed by atoms with Gasteiger partial charge >= 0.3 is 0 Å². The molecule has 0 saturated carbocycles. The van der Waals surface area contributed by atoms with Crippen molar-refractivity contribution in [1.29, 1.82) is 0 Å². The number of methoxy groups -OCH3 is 1. The lowest BCUT2D eigenvalue weighted by atomic mass is 10.2. The maximum atomic E-state index is 12.3. The summed E-state index contributed by atoms with van der Waals surface area (Å²) in [5.74, 6) is 1.55. The fourth-order valence-electron chi connectivity index (χ4n) is 1.94. The second kappa shape index (κ2) is 8.52. The van der Waals surface area contributed by atoms with E-state index in [0.717, 1.165) is 11.5 Å². The van der Waals surface area contributed by atoms with Crippen LogP contribution >= 0.6 is 23.1 Å². The molecule has 1 aromatic carbocycles. The first-order chi connectivity index (χ1) is 11.4. The van der Waals surface area contributed by atoms with Gasteiger partial charge in [-0.15, -0.1) is 11.3 Å². The zero-order valence-corrected chi connectivity index (χ0v) is 15.5. The van der Waals surface area contributed by atoms with Gasteiger partial charge in [0.15, 0.2) is 0 Å². The summed E-state index contributed by atoms with van der Waals surface area (Å²) in [7, 11) is -2.46. The Hall–Kier alpha value is -1.55. The summed E-state index contributed by atoms with van der Waals surface area (Å²) in [6.07, 6.45) is 0. The maximum Gasteiger partial charge on any atom is 0.255 e. The third-order valence-corrected chi connectivity index (χ3v) is 6.08. The van der Waals surface area contributed by atoms with Crippen LogP contribution < -0.4 is 15.2 Å². The largest absolute Gasteiger partial charge is 0.496 e. The third-order valence-electron chi connectivity index (χ3n) is 3.10. The molecule has 2 rings (SSSR count). The summed E-state index contributed by atoms with van der Waals surface area (Å²) in [5, 5.41) is 9.89. The van der Waals surface area contributed by atoms with Crippen LogP contribution in [-0.4, -0.2) is 33.7 Å². The number of nitrogens with one attached hydrogen (secondary N) is 1. The van der Waals surface area contributed by atoms with E-state index in [2.05, 4.69) is 11.4 Å². The number of carbonyl (C=O) groups is 1. The molecule has 9 heteroatoms. The van der Waals surface area contributed by atoms with Crippen LogP contribution in [0.4, 0.5) is 0 Å². The fourth-order valence-corrected chi connectivity index (χ4v) is 4.18. The van der Waals surface area contributed by atoms with Gasteiger partial charge in [-0.25, -0.2) is 13.6 Å². The second-order valence-electron chi connectivity index (χ2n) is 4.79. The molecule has 0 spiro atoms. The first kappa shape index (κ1) is 18.8. The van der Waals surface area contributed by atoms with Crippen LogP contribution in [0.5, 0.6) is 5.75 Å². The first-order valence-corrected chi connectivity index (χ1v) is 10.6. The van der Waals surface area contributed by atoms with Gasteiger partial charge in [-0.2, -0.15) is 11.8 Å². The topological polar surface area (TPSA) is 98.5 Å². The Bertz CT molecular complexity index is 789. The van der Waals surface area contributed by atoms with Gasteiger partial charge in [-0.3, -0.25) is 4.79 Å². The second-order valence-corrected chi connectivity index (χ2v) is 8.49. The lowest BCUT2D eigenvalue weighted by Gasteiger charge is -2.10. The molecular formula is C15H18N2O4S3. The summed E-state index contributed by atoms with van der Waals surface area (Å²) < 4.78 is 28.0. The Balaban J connectivity index is 1.93. The van der Waals surface area contributed by atoms with E-state index in [1.807, 2.05) is 11.4 Å². The zero-order chi connectivity index (χ0) is 17.6. The highest BCUT2D eigenvalue weighted by atomic mass is 32.2. The molecular weight excluding hydrogens is 368 g/mol. The molecule has 0 unspecified atom stereocenters. The van der Waals surface area contributed by atoms with Crippen LogP contribution in [-0.2, 0) is 15.8 Å². The SMILES string of the molecule is COc1ccc(S(N)(=O)=O)cc1C(=O)NCCSCc1cccs1. The van der Waals surface area contributed by atoms with Crippen LogP contribution in [0.1, 0.15) is 15.2 Å². The van der Waals surface area contributed by atoms with Crippen molar-refractivity contribution in [3.05, 3.63) is 46.2 Å². The Morgan fingerprint density at radius 1 is 1.38 bits per heavy atom. The highest BCUT2D eigenvalue weighted by molar-refractivity contribution is 7.98. The van der Waals surface area contributed by atoms with Crippen molar-refractivity contribution >= 4 is 39.0 Å². The van der Waals surface area contributed by atoms with Gasteiger partial charge in [0.25, 0.3) is 5.91 Å². The Kier molecular flexibility index (Phi) is 6.67. The number of ether oxygens (including phenoxy) is 1. The predicted octanol–water partition coefficient (Wildman–Crippen LogP) is 2.07. The van der Waals surface area contributed by atoms with Crippen molar-refractivity contribution in [2.45, 2.75) is 10.6 Å². The highest BCUT2D eigenvalue weighted by Crippen LogP contribution is 2.22. The average Bonchev–Trinajstić information content (AvgIpc) is 3.06. The monoisotopic (exact) mass is 386 g/mol. The quantitative estimate of drug-likeness (QED) is 0.677. The fraction of sp³-hybridized carbons (Fsp3) is 0.267. The van der Waals surface area contributed by atoms with Crippen molar-refractivity contribution in [2.24, 2.45) is 5.14 Å². The zero-order valence-electron chi connectivity index (χ0n) is 13.0. The van der Waals surface area contributed by atoms with Crippen molar-refractivity contribution in [2.75, 3.05) is 19.4 Å². The number of thiophene rings is 1. The number of carbonyl (C=O) groups excluding carboxylic acids is 1. The number of amides is 1. The van der Waals surface area contributed by atoms with Gasteiger partial charge in [0.1, 0.15) is 5.75 Å². The molecule has 1 heterocycles. The van der Waals surface area contributed by atoms with Crippen LogP contribution in [0.25, 0.3) is 0 Å². The van der Waals surface area contributed by atoms with E-state index >= 15 is 0 Å². The van der Waals surface area contributed by atoms with Gasteiger partial charge in [0, 0.05) is 22.9 Å². The van der Waals surface area contributed by atoms with Gasteiger partial charge < -0.3 is 10.1 Å². The molecule has 0 atom stereocenters. The number of nitrogens with two attached hydrogens (primary N) is 1. The molecule has 0 aliphatic carbocycles. The first-order valence-electron chi connectivity index (χ1n) is 7.01. The summed E-state index contributed by atoms with van der Waals surface area (Å²) >= 11 is 3.41. The van der Waals surface area contributed by atoms with Crippen LogP contribution in [0.2, 0.25) is 0 Å². The Morgan fingerprint density at radius 2 is 2.17 bits per heavy atom. The molecule has 3 N–H and O–H groups in total. The normalized spacial score (nSPS) is 11.2. The molecule has 2 aromatic rings. The smallest absolute Gasteiger partial charge is 0.255 e. The van der Waals surface area contributed by atoms with E-state index in [4.69, 9.17) is 9.88 Å². The van der Waals surface area contributed by atoms with E-state index in [1.54, 1.807) is 23.1 Å². The number of benzene rings is 1. The minimum atomic E-state index is -3.88. The summed E-state index contributed by atoms with van der Waals surface area (Å²) in [4.78, 5) is 13.4. The molecule has 0 radical (unpaired) electrons. The van der Waals surface area contributed by atoms with Crippen molar-refractivity contribution in [3.8, 4) is 5.75 Å². The molecule has 24 heavy (non-hydrogen) atoms. The molecule has 1 aromatic heterocycles. The number of primary sulfonamides is 1. The number of thioether (sulfide) groups is 1. The van der Waals surface area contributed by atoms with Gasteiger partial charge in [-0.05, 0) is 29.6 Å². The minimum Gasteiger partial charge on any atom is -0.496 e. The molecule has 0 aliphatic rings. The third kappa shape index (κ3) is 5.23. The highest BCUT2D eigenvalue weighted by Gasteiger charge is 2.17. The molecule has 0 fully saturated rings. The van der Waals surface area contributed by atoms with Gasteiger partial charge in [0.05, 0.1) is 17.6 Å². The van der Waals surface area contributed by atoms with E-state index in [-0.39, 0.29) is 10.5 Å². The average molecular weight is 387 g/mol. The van der Waals surface area contributed by atoms with E-state index < -0.39 is 15.9 Å². The maximum absolute atomic E-state index is 12.3. The number of sulfonamides is 1. The molecule has 0 bridgehead atoms. The number of hydrogen-bond acceptors (Lipinski definition) is 6. The van der Waals surface area contributed by atoms with E-state index in [0.29, 0.717) is 12.3 Å². The van der Waals surface area contributed by atoms with Crippen molar-refractivity contribution in [3.63, 3.8) is 0 Å². The lowest BCUT2D eigenvalue weighted by Crippen LogP contribution is -2.26. The van der Waals surface area contributed by atoms with Gasteiger partial charge in [-0.1, -0.05) is 6.07 Å².